The lowest BCUT2D eigenvalue weighted by atomic mass is 9.77. The number of carbonyl (C=O) groups is 1. The quantitative estimate of drug-likeness (QED) is 0.895. The molecular weight excluding hydrogens is 332 g/mol. The van der Waals surface area contributed by atoms with E-state index in [-0.39, 0.29) is 17.5 Å². The first-order valence-electron chi connectivity index (χ1n) is 9.22. The Morgan fingerprint density at radius 3 is 2.69 bits per heavy atom. The van der Waals surface area contributed by atoms with Gasteiger partial charge in [0.2, 0.25) is 0 Å². The van der Waals surface area contributed by atoms with E-state index in [4.69, 9.17) is 0 Å². The second kappa shape index (κ2) is 6.72. The molecule has 3 heterocycles. The van der Waals surface area contributed by atoms with Gasteiger partial charge in [-0.1, -0.05) is 0 Å². The first-order chi connectivity index (χ1) is 12.6. The van der Waals surface area contributed by atoms with Crippen LogP contribution in [-0.2, 0) is 6.54 Å². The number of carbonyl (C=O) groups excluding carboxylic acids is 1. The third-order valence-corrected chi connectivity index (χ3v) is 5.89. The summed E-state index contributed by atoms with van der Waals surface area (Å²) in [7, 11) is 0. The van der Waals surface area contributed by atoms with E-state index in [0.717, 1.165) is 6.42 Å². The Morgan fingerprint density at radius 2 is 2.04 bits per heavy atom. The topological polar surface area (TPSA) is 80.4 Å². The molecule has 26 heavy (non-hydrogen) atoms. The van der Waals surface area contributed by atoms with Gasteiger partial charge in [-0.05, 0) is 37.7 Å². The summed E-state index contributed by atoms with van der Waals surface area (Å²) in [5.74, 6) is 0.587. The Kier molecular flexibility index (Phi) is 4.40. The molecule has 1 aliphatic heterocycles. The van der Waals surface area contributed by atoms with Gasteiger partial charge in [-0.25, -0.2) is 4.98 Å². The SMILES string of the molecule is CCn1ccc(C(=O)N2C[C@H]3C[C@@H](n4ccnc4)[C@H](O)C[C@H]3C2)cc1=O. The molecule has 7 nitrogen and oxygen atoms in total. The van der Waals surface area contributed by atoms with Gasteiger partial charge < -0.3 is 19.1 Å². The highest BCUT2D eigenvalue weighted by Gasteiger charge is 2.43. The lowest BCUT2D eigenvalue weighted by molar-refractivity contribution is 0.0357. The number of aliphatic hydroxyl groups is 1. The largest absolute Gasteiger partial charge is 0.391 e. The number of aliphatic hydroxyl groups excluding tert-OH is 1. The minimum absolute atomic E-state index is 0.0160. The minimum Gasteiger partial charge on any atom is -0.391 e. The fraction of sp³-hybridized carbons (Fsp3) is 0.526. The molecule has 0 bridgehead atoms. The van der Waals surface area contributed by atoms with E-state index >= 15 is 0 Å². The summed E-state index contributed by atoms with van der Waals surface area (Å²) in [4.78, 5) is 30.8. The van der Waals surface area contributed by atoms with E-state index in [1.165, 1.54) is 6.07 Å². The fourth-order valence-corrected chi connectivity index (χ4v) is 4.44. The summed E-state index contributed by atoms with van der Waals surface area (Å²) in [6.07, 6.45) is 8.13. The molecule has 1 amide bonds. The summed E-state index contributed by atoms with van der Waals surface area (Å²) in [6, 6.07) is 3.16. The number of fused-ring (bicyclic) bond motifs is 1. The molecule has 1 aliphatic carbocycles. The van der Waals surface area contributed by atoms with Crippen LogP contribution in [0.3, 0.4) is 0 Å². The van der Waals surface area contributed by atoms with Crippen molar-refractivity contribution in [2.75, 3.05) is 13.1 Å². The maximum absolute atomic E-state index is 12.8. The van der Waals surface area contributed by atoms with Crippen molar-refractivity contribution in [2.24, 2.45) is 11.8 Å². The molecule has 0 unspecified atom stereocenters. The van der Waals surface area contributed by atoms with Gasteiger partial charge in [-0.3, -0.25) is 9.59 Å². The minimum atomic E-state index is -0.422. The standard InChI is InChI=1S/C19H24N4O3/c1-2-21-5-3-13(9-18(21)25)19(26)23-10-14-7-16(22-6-4-20-12-22)17(24)8-15(14)11-23/h3-6,9,12,14-17,24H,2,7-8,10-11H2,1H3/t14-,15+,16-,17-/m1/s1. The van der Waals surface area contributed by atoms with Crippen LogP contribution < -0.4 is 5.56 Å². The maximum atomic E-state index is 12.8. The second-order valence-corrected chi connectivity index (χ2v) is 7.39. The highest BCUT2D eigenvalue weighted by Crippen LogP contribution is 2.41. The Bertz CT molecular complexity index is 845. The lowest BCUT2D eigenvalue weighted by Crippen LogP contribution is -2.35. The second-order valence-electron chi connectivity index (χ2n) is 7.39. The number of imidazole rings is 1. The molecule has 4 rings (SSSR count). The van der Waals surface area contributed by atoms with Crippen LogP contribution in [0.1, 0.15) is 36.2 Å². The molecule has 2 aromatic heterocycles. The van der Waals surface area contributed by atoms with Gasteiger partial charge in [0.15, 0.2) is 0 Å². The normalized spacial score (nSPS) is 28.2. The van der Waals surface area contributed by atoms with E-state index in [1.54, 1.807) is 29.4 Å². The molecule has 0 spiro atoms. The van der Waals surface area contributed by atoms with Crippen LogP contribution in [-0.4, -0.2) is 49.2 Å². The van der Waals surface area contributed by atoms with Crippen LogP contribution in [0.15, 0.2) is 41.8 Å². The number of aromatic nitrogens is 3. The van der Waals surface area contributed by atoms with Crippen molar-refractivity contribution in [3.05, 3.63) is 53.0 Å². The zero-order chi connectivity index (χ0) is 18.3. The van der Waals surface area contributed by atoms with Gasteiger partial charge in [0.1, 0.15) is 0 Å². The number of pyridine rings is 1. The van der Waals surface area contributed by atoms with Crippen LogP contribution in [0.25, 0.3) is 0 Å². The third-order valence-electron chi connectivity index (χ3n) is 5.89. The Balaban J connectivity index is 1.49. The van der Waals surface area contributed by atoms with Gasteiger partial charge in [0.05, 0.1) is 18.5 Å². The predicted octanol–water partition coefficient (Wildman–Crippen LogP) is 1.15. The van der Waals surface area contributed by atoms with Gasteiger partial charge in [0, 0.05) is 49.9 Å². The number of aryl methyl sites for hydroxylation is 1. The average molecular weight is 356 g/mol. The number of amides is 1. The van der Waals surface area contributed by atoms with E-state index in [0.29, 0.717) is 43.5 Å². The summed E-state index contributed by atoms with van der Waals surface area (Å²) in [5.41, 5.74) is 0.301. The summed E-state index contributed by atoms with van der Waals surface area (Å²) in [5, 5.41) is 10.5. The van der Waals surface area contributed by atoms with Crippen molar-refractivity contribution in [3.8, 4) is 0 Å². The zero-order valence-corrected chi connectivity index (χ0v) is 14.9. The van der Waals surface area contributed by atoms with E-state index in [2.05, 4.69) is 4.98 Å². The molecule has 4 atom stereocenters. The molecule has 1 saturated heterocycles. The molecule has 2 fully saturated rings. The molecule has 1 saturated carbocycles. The maximum Gasteiger partial charge on any atom is 0.254 e. The molecule has 0 aromatic carbocycles. The predicted molar refractivity (Wildman–Crippen MR) is 95.8 cm³/mol. The molecule has 2 aromatic rings. The smallest absolute Gasteiger partial charge is 0.254 e. The Labute approximate surface area is 151 Å². The molecule has 2 aliphatic rings. The van der Waals surface area contributed by atoms with Gasteiger partial charge >= 0.3 is 0 Å². The van der Waals surface area contributed by atoms with Gasteiger partial charge in [0.25, 0.3) is 11.5 Å². The number of hydrogen-bond donors (Lipinski definition) is 1. The summed E-state index contributed by atoms with van der Waals surface area (Å²) in [6.45, 7) is 3.82. The Morgan fingerprint density at radius 1 is 1.27 bits per heavy atom. The van der Waals surface area contributed by atoms with Crippen molar-refractivity contribution in [2.45, 2.75) is 38.5 Å². The van der Waals surface area contributed by atoms with Crippen LogP contribution >= 0.6 is 0 Å². The summed E-state index contributed by atoms with van der Waals surface area (Å²) < 4.78 is 3.54. The Hall–Kier alpha value is -2.41. The molecule has 138 valence electrons. The van der Waals surface area contributed by atoms with E-state index < -0.39 is 6.10 Å². The van der Waals surface area contributed by atoms with E-state index in [1.807, 2.05) is 22.6 Å². The number of rotatable bonds is 3. The number of nitrogens with zero attached hydrogens (tertiary/aromatic N) is 4. The highest BCUT2D eigenvalue weighted by atomic mass is 16.3. The number of likely N-dealkylation sites (tertiary alicyclic amines) is 1. The third kappa shape index (κ3) is 2.96. The van der Waals surface area contributed by atoms with Crippen molar-refractivity contribution in [1.29, 1.82) is 0 Å². The highest BCUT2D eigenvalue weighted by molar-refractivity contribution is 5.94. The van der Waals surface area contributed by atoms with Crippen molar-refractivity contribution >= 4 is 5.91 Å². The lowest BCUT2D eigenvalue weighted by Gasteiger charge is -2.35. The first-order valence-corrected chi connectivity index (χ1v) is 9.22. The summed E-state index contributed by atoms with van der Waals surface area (Å²) >= 11 is 0. The van der Waals surface area contributed by atoms with Crippen molar-refractivity contribution in [1.82, 2.24) is 19.0 Å². The monoisotopic (exact) mass is 356 g/mol. The van der Waals surface area contributed by atoms with Crippen LogP contribution in [0.2, 0.25) is 0 Å². The molecule has 0 radical (unpaired) electrons. The van der Waals surface area contributed by atoms with Crippen molar-refractivity contribution < 1.29 is 9.90 Å². The molecule has 1 N–H and O–H groups in total. The van der Waals surface area contributed by atoms with Crippen LogP contribution in [0.5, 0.6) is 0 Å². The average Bonchev–Trinajstić information content (AvgIpc) is 3.29. The van der Waals surface area contributed by atoms with Crippen LogP contribution in [0, 0.1) is 11.8 Å². The fourth-order valence-electron chi connectivity index (χ4n) is 4.44. The first kappa shape index (κ1) is 17.0. The van der Waals surface area contributed by atoms with E-state index in [9.17, 15) is 14.7 Å². The molecule has 7 heteroatoms. The van der Waals surface area contributed by atoms with Crippen LogP contribution in [0.4, 0.5) is 0 Å². The van der Waals surface area contributed by atoms with Gasteiger partial charge in [-0.2, -0.15) is 0 Å². The number of hydrogen-bond acceptors (Lipinski definition) is 4. The van der Waals surface area contributed by atoms with Crippen molar-refractivity contribution in [3.63, 3.8) is 0 Å². The molecular formula is C19H24N4O3. The van der Waals surface area contributed by atoms with Gasteiger partial charge in [-0.15, -0.1) is 0 Å². The zero-order valence-electron chi connectivity index (χ0n) is 14.9.